The Morgan fingerprint density at radius 2 is 1.42 bits per heavy atom. The van der Waals surface area contributed by atoms with Gasteiger partial charge in [-0.2, -0.15) is 0 Å². The second kappa shape index (κ2) is 4.48. The highest BCUT2D eigenvalue weighted by Crippen LogP contribution is 2.41. The van der Waals surface area contributed by atoms with Crippen LogP contribution in [0.15, 0.2) is 16.4 Å². The SMILES string of the molecule is CC1=C(C)C(C)[N+](c2c(C)c(C)c(C)c(C)c2O)=N1. The summed E-state index contributed by atoms with van der Waals surface area (Å²) in [5.74, 6) is 0.360. The van der Waals surface area contributed by atoms with Crippen LogP contribution in [0.5, 0.6) is 5.75 Å². The van der Waals surface area contributed by atoms with Gasteiger partial charge in [-0.3, -0.25) is 0 Å². The predicted molar refractivity (Wildman–Crippen MR) is 77.2 cm³/mol. The van der Waals surface area contributed by atoms with E-state index in [0.717, 1.165) is 28.1 Å². The Morgan fingerprint density at radius 1 is 0.895 bits per heavy atom. The summed E-state index contributed by atoms with van der Waals surface area (Å²) >= 11 is 0. The quantitative estimate of drug-likeness (QED) is 0.745. The summed E-state index contributed by atoms with van der Waals surface area (Å²) in [6, 6.07) is 0.200. The molecular weight excluding hydrogens is 236 g/mol. The third-order valence-electron chi connectivity index (χ3n) is 4.67. The van der Waals surface area contributed by atoms with Gasteiger partial charge in [-0.1, -0.05) is 4.70 Å². The van der Waals surface area contributed by atoms with E-state index < -0.39 is 0 Å². The zero-order valence-corrected chi connectivity index (χ0v) is 12.9. The van der Waals surface area contributed by atoms with E-state index in [1.807, 2.05) is 18.5 Å². The maximum atomic E-state index is 10.5. The lowest BCUT2D eigenvalue weighted by Crippen LogP contribution is -2.16. The van der Waals surface area contributed by atoms with Crippen LogP contribution in [0.1, 0.15) is 43.0 Å². The van der Waals surface area contributed by atoms with E-state index in [9.17, 15) is 5.11 Å². The summed E-state index contributed by atoms with van der Waals surface area (Å²) in [5.41, 5.74) is 7.60. The highest BCUT2D eigenvalue weighted by molar-refractivity contribution is 5.62. The maximum absolute atomic E-state index is 10.5. The van der Waals surface area contributed by atoms with Crippen molar-refractivity contribution in [2.75, 3.05) is 0 Å². The molecule has 1 aliphatic heterocycles. The van der Waals surface area contributed by atoms with Gasteiger partial charge in [-0.05, 0) is 57.8 Å². The van der Waals surface area contributed by atoms with Crippen molar-refractivity contribution in [2.45, 2.75) is 54.5 Å². The minimum absolute atomic E-state index is 0.200. The van der Waals surface area contributed by atoms with Crippen LogP contribution < -0.4 is 0 Å². The molecule has 1 atom stereocenters. The fourth-order valence-corrected chi connectivity index (χ4v) is 2.61. The zero-order chi connectivity index (χ0) is 14.5. The molecule has 3 heteroatoms. The molecule has 0 aliphatic carbocycles. The van der Waals surface area contributed by atoms with E-state index in [-0.39, 0.29) is 6.04 Å². The van der Waals surface area contributed by atoms with E-state index in [4.69, 9.17) is 0 Å². The van der Waals surface area contributed by atoms with Gasteiger partial charge in [0.2, 0.25) is 6.04 Å². The fourth-order valence-electron chi connectivity index (χ4n) is 2.61. The molecular formula is C16H23N2O+. The fraction of sp³-hybridized carbons (Fsp3) is 0.500. The topological polar surface area (TPSA) is 35.6 Å². The van der Waals surface area contributed by atoms with Crippen molar-refractivity contribution >= 4 is 5.69 Å². The summed E-state index contributed by atoms with van der Waals surface area (Å²) in [5, 5.41) is 15.1. The minimum Gasteiger partial charge on any atom is -0.502 e. The van der Waals surface area contributed by atoms with Gasteiger partial charge in [-0.25, -0.2) is 0 Å². The number of nitrogens with zero attached hydrogens (tertiary/aromatic N) is 2. The molecule has 0 fully saturated rings. The van der Waals surface area contributed by atoms with Crippen molar-refractivity contribution in [1.82, 2.24) is 0 Å². The molecule has 0 spiro atoms. The van der Waals surface area contributed by atoms with Gasteiger partial charge in [0.05, 0.1) is 0 Å². The van der Waals surface area contributed by atoms with Crippen molar-refractivity contribution in [1.29, 1.82) is 0 Å². The summed E-state index contributed by atoms with van der Waals surface area (Å²) in [6.07, 6.45) is 0. The van der Waals surface area contributed by atoms with E-state index in [2.05, 4.69) is 39.7 Å². The Labute approximate surface area is 115 Å². The largest absolute Gasteiger partial charge is 0.502 e. The summed E-state index contributed by atoms with van der Waals surface area (Å²) in [4.78, 5) is 0. The van der Waals surface area contributed by atoms with Crippen molar-refractivity contribution < 1.29 is 9.80 Å². The normalized spacial score (nSPS) is 19.1. The number of rotatable bonds is 1. The van der Waals surface area contributed by atoms with Crippen LogP contribution in [0, 0.1) is 27.7 Å². The molecule has 0 radical (unpaired) electrons. The monoisotopic (exact) mass is 259 g/mol. The second-order valence-electron chi connectivity index (χ2n) is 5.59. The molecule has 1 aromatic carbocycles. The maximum Gasteiger partial charge on any atom is 0.277 e. The van der Waals surface area contributed by atoms with Gasteiger partial charge in [0, 0.05) is 23.6 Å². The molecule has 1 heterocycles. The van der Waals surface area contributed by atoms with Gasteiger partial charge in [0.25, 0.3) is 5.69 Å². The molecule has 1 aromatic rings. The van der Waals surface area contributed by atoms with Crippen LogP contribution in [0.2, 0.25) is 0 Å². The van der Waals surface area contributed by atoms with Crippen molar-refractivity contribution in [3.63, 3.8) is 0 Å². The van der Waals surface area contributed by atoms with E-state index in [1.165, 1.54) is 11.1 Å². The van der Waals surface area contributed by atoms with Crippen molar-refractivity contribution in [2.24, 2.45) is 5.11 Å². The molecule has 1 N–H and O–H groups in total. The third-order valence-corrected chi connectivity index (χ3v) is 4.67. The number of hydrogen-bond donors (Lipinski definition) is 1. The first-order valence-corrected chi connectivity index (χ1v) is 6.75. The van der Waals surface area contributed by atoms with Crippen LogP contribution in [0.3, 0.4) is 0 Å². The number of benzene rings is 1. The number of phenolic OH excluding ortho intramolecular Hbond substituents is 1. The Balaban J connectivity index is 2.70. The van der Waals surface area contributed by atoms with Gasteiger partial charge >= 0.3 is 0 Å². The molecule has 3 nitrogen and oxygen atoms in total. The number of aromatic hydroxyl groups is 1. The standard InChI is InChI=1S/C16H22N2O/c1-8-9(2)11(4)16(19)15(10(8)3)18-14(7)12(5)13(6)17-18/h14H,1-7H3/p+1. The number of phenols is 1. The first-order chi connectivity index (χ1) is 8.77. The van der Waals surface area contributed by atoms with E-state index >= 15 is 0 Å². The summed E-state index contributed by atoms with van der Waals surface area (Å²) in [7, 11) is 0. The molecule has 2 rings (SSSR count). The average molecular weight is 259 g/mol. The van der Waals surface area contributed by atoms with Crippen LogP contribution in [-0.2, 0) is 0 Å². The molecule has 0 saturated heterocycles. The van der Waals surface area contributed by atoms with Crippen LogP contribution in [-0.4, -0.2) is 15.8 Å². The smallest absolute Gasteiger partial charge is 0.277 e. The number of azo groups is 2. The van der Waals surface area contributed by atoms with Gasteiger partial charge < -0.3 is 5.11 Å². The van der Waals surface area contributed by atoms with E-state index in [0.29, 0.717) is 5.75 Å². The molecule has 102 valence electrons. The predicted octanol–water partition coefficient (Wildman–Crippen LogP) is 4.42. The van der Waals surface area contributed by atoms with E-state index in [1.54, 1.807) is 0 Å². The molecule has 0 aromatic heterocycles. The molecule has 0 saturated carbocycles. The highest BCUT2D eigenvalue weighted by Gasteiger charge is 2.35. The lowest BCUT2D eigenvalue weighted by atomic mass is 9.96. The van der Waals surface area contributed by atoms with Crippen LogP contribution >= 0.6 is 0 Å². The molecule has 19 heavy (non-hydrogen) atoms. The average Bonchev–Trinajstić information content (AvgIpc) is 2.62. The van der Waals surface area contributed by atoms with Gasteiger partial charge in [-0.15, -0.1) is 0 Å². The highest BCUT2D eigenvalue weighted by atomic mass is 16.3. The Hall–Kier alpha value is -1.64. The first kappa shape index (κ1) is 13.8. The third kappa shape index (κ3) is 1.88. The molecule has 1 aliphatic rings. The Morgan fingerprint density at radius 3 is 1.89 bits per heavy atom. The van der Waals surface area contributed by atoms with Crippen LogP contribution in [0.25, 0.3) is 0 Å². The molecule has 1 unspecified atom stereocenters. The summed E-state index contributed by atoms with van der Waals surface area (Å²) in [6.45, 7) is 14.4. The summed E-state index contributed by atoms with van der Waals surface area (Å²) < 4.78 is 1.95. The van der Waals surface area contributed by atoms with Crippen molar-refractivity contribution in [3.05, 3.63) is 33.5 Å². The zero-order valence-electron chi connectivity index (χ0n) is 12.9. The lowest BCUT2D eigenvalue weighted by Gasteiger charge is -2.14. The van der Waals surface area contributed by atoms with Gasteiger partial charge in [0.1, 0.15) is 5.70 Å². The first-order valence-electron chi connectivity index (χ1n) is 6.75. The molecule has 0 amide bonds. The van der Waals surface area contributed by atoms with Crippen molar-refractivity contribution in [3.8, 4) is 5.75 Å². The lowest BCUT2D eigenvalue weighted by molar-refractivity contribution is -0.530. The Bertz CT molecular complexity index is 595. The second-order valence-corrected chi connectivity index (χ2v) is 5.59. The number of hydrogen-bond acceptors (Lipinski definition) is 2. The minimum atomic E-state index is 0.200. The van der Waals surface area contributed by atoms with Gasteiger partial charge in [0.15, 0.2) is 5.75 Å². The molecule has 0 bridgehead atoms. The number of allylic oxidation sites excluding steroid dienone is 1. The Kier molecular flexibility index (Phi) is 3.25. The van der Waals surface area contributed by atoms with Crippen LogP contribution in [0.4, 0.5) is 5.69 Å².